The third-order valence-corrected chi connectivity index (χ3v) is 5.46. The van der Waals surface area contributed by atoms with Crippen molar-refractivity contribution in [2.24, 2.45) is 0 Å². The first kappa shape index (κ1) is 16.9. The van der Waals surface area contributed by atoms with Crippen molar-refractivity contribution in [1.29, 1.82) is 0 Å². The molecule has 0 amide bonds. The van der Waals surface area contributed by atoms with Crippen molar-refractivity contribution in [3.05, 3.63) is 79.0 Å². The van der Waals surface area contributed by atoms with E-state index in [0.29, 0.717) is 6.61 Å². The lowest BCUT2D eigenvalue weighted by molar-refractivity contribution is 0.314. The number of fused-ring (bicyclic) bond motifs is 2. The van der Waals surface area contributed by atoms with Gasteiger partial charge in [0.15, 0.2) is 0 Å². The first-order valence-electron chi connectivity index (χ1n) is 9.21. The van der Waals surface area contributed by atoms with Crippen LogP contribution in [-0.4, -0.2) is 18.1 Å². The molecule has 0 radical (unpaired) electrons. The fraction of sp³-hybridized carbons (Fsp3) is 0.0909. The Labute approximate surface area is 168 Å². The van der Waals surface area contributed by atoms with Crippen LogP contribution in [0.15, 0.2) is 79.0 Å². The lowest BCUT2D eigenvalue weighted by Crippen LogP contribution is -2.28. The van der Waals surface area contributed by atoms with Gasteiger partial charge in [-0.1, -0.05) is 24.3 Å². The second-order valence-corrected chi connectivity index (χ2v) is 7.22. The second-order valence-electron chi connectivity index (χ2n) is 6.60. The van der Waals surface area contributed by atoms with E-state index in [1.54, 1.807) is 0 Å². The number of hydrogen-bond acceptors (Lipinski definition) is 5. The third kappa shape index (κ3) is 3.34. The molecule has 6 heteroatoms. The van der Waals surface area contributed by atoms with Crippen molar-refractivity contribution in [3.8, 4) is 5.75 Å². The number of nitrogens with zero attached hydrogens (tertiary/aromatic N) is 1. The van der Waals surface area contributed by atoms with Gasteiger partial charge in [-0.2, -0.15) is 0 Å². The molecule has 2 heterocycles. The van der Waals surface area contributed by atoms with E-state index in [1.807, 2.05) is 18.3 Å². The number of aromatic amines is 1. The van der Waals surface area contributed by atoms with Crippen LogP contribution in [0.1, 0.15) is 0 Å². The molecule has 0 saturated heterocycles. The van der Waals surface area contributed by atoms with Gasteiger partial charge in [-0.3, -0.25) is 0 Å². The maximum Gasteiger partial charge on any atom is 0.145 e. The van der Waals surface area contributed by atoms with E-state index < -0.39 is 0 Å². The molecule has 0 atom stereocenters. The molecule has 4 aromatic rings. The van der Waals surface area contributed by atoms with Gasteiger partial charge in [0.1, 0.15) is 12.4 Å². The molecule has 1 aliphatic rings. The highest BCUT2D eigenvalue weighted by atomic mass is 32.2. The predicted octanol–water partition coefficient (Wildman–Crippen LogP) is 5.79. The molecule has 0 unspecified atom stereocenters. The minimum Gasteiger partial charge on any atom is -0.489 e. The Balaban J connectivity index is 1.28. The van der Waals surface area contributed by atoms with E-state index in [0.717, 1.165) is 34.9 Å². The Morgan fingerprint density at radius 1 is 0.893 bits per heavy atom. The quantitative estimate of drug-likeness (QED) is 0.378. The number of anilines is 4. The molecule has 0 saturated carbocycles. The zero-order chi connectivity index (χ0) is 18.8. The summed E-state index contributed by atoms with van der Waals surface area (Å²) in [4.78, 5) is 5.52. The van der Waals surface area contributed by atoms with Gasteiger partial charge in [0.05, 0.1) is 24.4 Å². The summed E-state index contributed by atoms with van der Waals surface area (Å²) in [5, 5.41) is 1.21. The van der Waals surface area contributed by atoms with E-state index in [4.69, 9.17) is 4.74 Å². The summed E-state index contributed by atoms with van der Waals surface area (Å²) < 4.78 is 12.6. The molecule has 3 aromatic carbocycles. The van der Waals surface area contributed by atoms with Crippen LogP contribution in [0, 0.1) is 0 Å². The number of rotatable bonds is 5. The lowest BCUT2D eigenvalue weighted by Gasteiger charge is -2.31. The largest absolute Gasteiger partial charge is 0.489 e. The summed E-state index contributed by atoms with van der Waals surface area (Å²) in [5.41, 5.74) is 5.43. The minimum atomic E-state index is 0.674. The number of benzene rings is 3. The smallest absolute Gasteiger partial charge is 0.145 e. The van der Waals surface area contributed by atoms with Crippen molar-refractivity contribution < 1.29 is 4.74 Å². The summed E-state index contributed by atoms with van der Waals surface area (Å²) in [7, 11) is 0. The van der Waals surface area contributed by atoms with Gasteiger partial charge in [-0.15, -0.1) is 0 Å². The molecule has 0 bridgehead atoms. The van der Waals surface area contributed by atoms with E-state index in [2.05, 4.69) is 80.0 Å². The van der Waals surface area contributed by atoms with Gasteiger partial charge in [-0.25, -0.2) is 0 Å². The van der Waals surface area contributed by atoms with Gasteiger partial charge in [0.2, 0.25) is 0 Å². The normalized spacial score (nSPS) is 13.1. The molecule has 140 valence electrons. The molecule has 0 spiro atoms. The van der Waals surface area contributed by atoms with Crippen LogP contribution in [0.25, 0.3) is 10.9 Å². The maximum absolute atomic E-state index is 5.90. The Morgan fingerprint density at radius 3 is 2.61 bits per heavy atom. The van der Waals surface area contributed by atoms with E-state index >= 15 is 0 Å². The third-order valence-electron chi connectivity index (χ3n) is 4.78. The maximum atomic E-state index is 5.90. The van der Waals surface area contributed by atoms with Crippen LogP contribution < -0.4 is 19.1 Å². The number of hydrogen-bond donors (Lipinski definition) is 3. The van der Waals surface area contributed by atoms with Crippen LogP contribution in [-0.2, 0) is 0 Å². The van der Waals surface area contributed by atoms with Crippen LogP contribution >= 0.6 is 12.1 Å². The van der Waals surface area contributed by atoms with Gasteiger partial charge >= 0.3 is 0 Å². The minimum absolute atomic E-state index is 0.674. The average molecular weight is 388 g/mol. The van der Waals surface area contributed by atoms with Gasteiger partial charge in [-0.05, 0) is 47.9 Å². The molecule has 3 N–H and O–H groups in total. The van der Waals surface area contributed by atoms with Gasteiger partial charge < -0.3 is 24.1 Å². The fourth-order valence-corrected chi connectivity index (χ4v) is 3.96. The summed E-state index contributed by atoms with van der Waals surface area (Å²) in [5.74, 6) is 0.897. The van der Waals surface area contributed by atoms with Crippen molar-refractivity contribution in [2.45, 2.75) is 0 Å². The highest BCUT2D eigenvalue weighted by Gasteiger charge is 2.19. The van der Waals surface area contributed by atoms with Crippen molar-refractivity contribution in [1.82, 2.24) is 4.98 Å². The number of para-hydroxylation sites is 1. The first-order chi connectivity index (χ1) is 13.9. The molecule has 0 fully saturated rings. The number of H-pyrrole nitrogens is 1. The molecule has 28 heavy (non-hydrogen) atoms. The Bertz CT molecular complexity index is 1100. The Morgan fingerprint density at radius 2 is 1.71 bits per heavy atom. The molecular formula is C22H20N4OS. The van der Waals surface area contributed by atoms with Gasteiger partial charge in [0, 0.05) is 34.8 Å². The first-order valence-corrected chi connectivity index (χ1v) is 10.0. The number of nitrogens with one attached hydrogen (secondary N) is 3. The monoisotopic (exact) mass is 388 g/mol. The molecular weight excluding hydrogens is 368 g/mol. The van der Waals surface area contributed by atoms with E-state index in [9.17, 15) is 0 Å². The standard InChI is InChI=1S/C22H20N4OS/c1-2-4-19(5-3-1)26-12-13-27-22-15-18(8-9-21(22)26)25-28-24-17-7-6-16-10-11-23-20(16)14-17/h1-11,14-15,23-25H,12-13H2. The highest BCUT2D eigenvalue weighted by Crippen LogP contribution is 2.38. The topological polar surface area (TPSA) is 52.3 Å². The van der Waals surface area contributed by atoms with Crippen molar-refractivity contribution >= 4 is 45.8 Å². The molecule has 5 rings (SSSR count). The zero-order valence-electron chi connectivity index (χ0n) is 15.2. The Hall–Kier alpha value is -3.25. The van der Waals surface area contributed by atoms with Crippen LogP contribution in [0.5, 0.6) is 5.75 Å². The SMILES string of the molecule is c1ccc(N2CCOc3cc(NSNc4ccc5cc[nH]c5c4)ccc32)cc1. The highest BCUT2D eigenvalue weighted by molar-refractivity contribution is 8.01. The molecule has 1 aliphatic heterocycles. The zero-order valence-corrected chi connectivity index (χ0v) is 16.0. The van der Waals surface area contributed by atoms with Crippen LogP contribution in [0.3, 0.4) is 0 Å². The van der Waals surface area contributed by atoms with E-state index in [-0.39, 0.29) is 0 Å². The Kier molecular flexibility index (Phi) is 4.47. The summed E-state index contributed by atoms with van der Waals surface area (Å²) in [6.07, 6.45) is 1.95. The average Bonchev–Trinajstić information content (AvgIpc) is 3.22. The van der Waals surface area contributed by atoms with E-state index in [1.165, 1.54) is 23.2 Å². The molecule has 5 nitrogen and oxygen atoms in total. The molecule has 0 aliphatic carbocycles. The molecule has 1 aromatic heterocycles. The summed E-state index contributed by atoms with van der Waals surface area (Å²) in [6.45, 7) is 1.52. The number of ether oxygens (including phenoxy) is 1. The van der Waals surface area contributed by atoms with Gasteiger partial charge in [0.25, 0.3) is 0 Å². The summed E-state index contributed by atoms with van der Waals surface area (Å²) in [6, 6.07) is 25.0. The number of aromatic nitrogens is 1. The summed E-state index contributed by atoms with van der Waals surface area (Å²) >= 11 is 1.44. The fourth-order valence-electron chi connectivity index (χ4n) is 3.41. The second kappa shape index (κ2) is 7.40. The van der Waals surface area contributed by atoms with Crippen molar-refractivity contribution in [2.75, 3.05) is 27.5 Å². The van der Waals surface area contributed by atoms with Crippen LogP contribution in [0.2, 0.25) is 0 Å². The predicted molar refractivity (Wildman–Crippen MR) is 119 cm³/mol. The lowest BCUT2D eigenvalue weighted by atomic mass is 10.2. The van der Waals surface area contributed by atoms with Crippen LogP contribution in [0.4, 0.5) is 22.7 Å². The van der Waals surface area contributed by atoms with Crippen molar-refractivity contribution in [3.63, 3.8) is 0 Å².